The van der Waals surface area contributed by atoms with Gasteiger partial charge in [-0.15, -0.1) is 0 Å². The number of esters is 1. The minimum Gasteiger partial charge on any atom is -0.481 e. The van der Waals surface area contributed by atoms with Gasteiger partial charge >= 0.3 is 5.97 Å². The van der Waals surface area contributed by atoms with E-state index in [0.717, 1.165) is 21.2 Å². The van der Waals surface area contributed by atoms with Gasteiger partial charge in [0.25, 0.3) is 0 Å². The number of halogens is 1. The number of carbonyl (C=O) groups is 1. The largest absolute Gasteiger partial charge is 0.481 e. The summed E-state index contributed by atoms with van der Waals surface area (Å²) in [4.78, 5) is 12.0. The molecule has 0 aliphatic heterocycles. The van der Waals surface area contributed by atoms with Crippen LogP contribution >= 0.6 is 15.9 Å². The maximum atomic E-state index is 12.0. The molecular weight excluding hydrogens is 380 g/mol. The maximum Gasteiger partial charge on any atom is 0.349 e. The zero-order chi connectivity index (χ0) is 17.6. The zero-order valence-electron chi connectivity index (χ0n) is 13.7. The van der Waals surface area contributed by atoms with Gasteiger partial charge in [0.2, 0.25) is 0 Å². The molecule has 0 amide bonds. The molecule has 4 heteroatoms. The van der Waals surface area contributed by atoms with E-state index in [1.807, 2.05) is 73.7 Å². The lowest BCUT2D eigenvalue weighted by atomic mass is 10.1. The summed E-state index contributed by atoms with van der Waals surface area (Å²) in [5.74, 6) is 0.712. The van der Waals surface area contributed by atoms with Crippen molar-refractivity contribution >= 4 is 21.9 Å². The molecule has 3 rings (SSSR count). The summed E-state index contributed by atoms with van der Waals surface area (Å²) in [7, 11) is 0. The van der Waals surface area contributed by atoms with Crippen LogP contribution in [0.15, 0.2) is 77.3 Å². The average molecular weight is 397 g/mol. The zero-order valence-corrected chi connectivity index (χ0v) is 15.3. The van der Waals surface area contributed by atoms with Crippen molar-refractivity contribution in [1.29, 1.82) is 0 Å². The molecule has 3 aromatic rings. The van der Waals surface area contributed by atoms with Crippen LogP contribution in [0.4, 0.5) is 0 Å². The van der Waals surface area contributed by atoms with Crippen LogP contribution in [-0.2, 0) is 4.79 Å². The van der Waals surface area contributed by atoms with Crippen LogP contribution in [0.2, 0.25) is 0 Å². The third kappa shape index (κ3) is 4.48. The van der Waals surface area contributed by atoms with Crippen molar-refractivity contribution in [3.05, 3.63) is 82.8 Å². The Morgan fingerprint density at radius 2 is 1.60 bits per heavy atom. The molecule has 0 spiro atoms. The Morgan fingerprint density at radius 1 is 0.880 bits per heavy atom. The number of carbonyl (C=O) groups excluding carboxylic acids is 1. The Hall–Kier alpha value is -2.59. The second-order valence-electron chi connectivity index (χ2n) is 5.54. The molecule has 3 aromatic carbocycles. The topological polar surface area (TPSA) is 35.5 Å². The van der Waals surface area contributed by atoms with Crippen molar-refractivity contribution in [3.8, 4) is 22.6 Å². The molecule has 0 saturated carbocycles. The lowest BCUT2D eigenvalue weighted by Crippen LogP contribution is -2.18. The highest BCUT2D eigenvalue weighted by molar-refractivity contribution is 9.10. The molecule has 0 bridgehead atoms. The molecule has 0 radical (unpaired) electrons. The minimum absolute atomic E-state index is 0.155. The molecule has 25 heavy (non-hydrogen) atoms. The molecule has 0 fully saturated rings. The minimum atomic E-state index is -0.437. The monoisotopic (exact) mass is 396 g/mol. The van der Waals surface area contributed by atoms with Gasteiger partial charge in [0.05, 0.1) is 4.47 Å². The third-order valence-electron chi connectivity index (χ3n) is 3.70. The highest BCUT2D eigenvalue weighted by Crippen LogP contribution is 2.30. The number of hydrogen-bond donors (Lipinski definition) is 0. The molecule has 3 nitrogen and oxygen atoms in total. The van der Waals surface area contributed by atoms with Gasteiger partial charge in [0, 0.05) is 0 Å². The molecule has 0 aromatic heterocycles. The van der Waals surface area contributed by atoms with E-state index in [1.165, 1.54) is 0 Å². The average Bonchev–Trinajstić information content (AvgIpc) is 2.63. The normalized spacial score (nSPS) is 10.3. The first-order valence-corrected chi connectivity index (χ1v) is 8.67. The van der Waals surface area contributed by atoms with E-state index in [1.54, 1.807) is 6.07 Å². The van der Waals surface area contributed by atoms with Gasteiger partial charge in [-0.25, -0.2) is 4.79 Å². The van der Waals surface area contributed by atoms with E-state index >= 15 is 0 Å². The number of ether oxygens (including phenoxy) is 2. The smallest absolute Gasteiger partial charge is 0.349 e. The standard InChI is InChI=1S/C21H17BrO3/c1-15-7-5-6-10-19(15)25-21(23)14-24-20-12-11-17(13-18(20)22)16-8-3-2-4-9-16/h2-13H,14H2,1H3. The van der Waals surface area contributed by atoms with Crippen LogP contribution in [-0.4, -0.2) is 12.6 Å². The van der Waals surface area contributed by atoms with Crippen molar-refractivity contribution < 1.29 is 14.3 Å². The molecular formula is C21H17BrO3. The second kappa shape index (κ2) is 7.99. The molecule has 0 aliphatic rings. The van der Waals surface area contributed by atoms with Crippen LogP contribution in [0.3, 0.4) is 0 Å². The highest BCUT2D eigenvalue weighted by Gasteiger charge is 2.10. The van der Waals surface area contributed by atoms with E-state index in [9.17, 15) is 4.79 Å². The number of aryl methyl sites for hydroxylation is 1. The lowest BCUT2D eigenvalue weighted by Gasteiger charge is -2.11. The van der Waals surface area contributed by atoms with E-state index in [0.29, 0.717) is 11.5 Å². The molecule has 0 saturated heterocycles. The maximum absolute atomic E-state index is 12.0. The van der Waals surface area contributed by atoms with Crippen LogP contribution in [0.1, 0.15) is 5.56 Å². The van der Waals surface area contributed by atoms with E-state index < -0.39 is 5.97 Å². The van der Waals surface area contributed by atoms with Gasteiger partial charge in [-0.05, 0) is 57.7 Å². The Bertz CT molecular complexity index is 875. The van der Waals surface area contributed by atoms with Gasteiger partial charge < -0.3 is 9.47 Å². The van der Waals surface area contributed by atoms with Gasteiger partial charge in [-0.2, -0.15) is 0 Å². The Kier molecular flexibility index (Phi) is 5.51. The summed E-state index contributed by atoms with van der Waals surface area (Å²) >= 11 is 3.50. The van der Waals surface area contributed by atoms with Crippen molar-refractivity contribution in [3.63, 3.8) is 0 Å². The summed E-state index contributed by atoms with van der Waals surface area (Å²) in [5, 5.41) is 0. The summed E-state index contributed by atoms with van der Waals surface area (Å²) < 4.78 is 11.7. The Balaban J connectivity index is 1.63. The second-order valence-corrected chi connectivity index (χ2v) is 6.39. The molecule has 0 N–H and O–H groups in total. The summed E-state index contributed by atoms with van der Waals surface area (Å²) in [5.41, 5.74) is 3.10. The van der Waals surface area contributed by atoms with E-state index in [4.69, 9.17) is 9.47 Å². The first-order chi connectivity index (χ1) is 12.1. The quantitative estimate of drug-likeness (QED) is 0.427. The van der Waals surface area contributed by atoms with Crippen molar-refractivity contribution in [2.24, 2.45) is 0 Å². The fourth-order valence-corrected chi connectivity index (χ4v) is 2.88. The number of para-hydroxylation sites is 1. The fraction of sp³-hybridized carbons (Fsp3) is 0.0952. The van der Waals surface area contributed by atoms with Crippen LogP contribution in [0, 0.1) is 6.92 Å². The van der Waals surface area contributed by atoms with Gasteiger partial charge in [0.15, 0.2) is 6.61 Å². The van der Waals surface area contributed by atoms with Crippen molar-refractivity contribution in [2.45, 2.75) is 6.92 Å². The number of hydrogen-bond acceptors (Lipinski definition) is 3. The van der Waals surface area contributed by atoms with Crippen molar-refractivity contribution in [2.75, 3.05) is 6.61 Å². The first-order valence-electron chi connectivity index (χ1n) is 7.87. The summed E-state index contributed by atoms with van der Waals surface area (Å²) in [6, 6.07) is 23.2. The van der Waals surface area contributed by atoms with Crippen LogP contribution in [0.5, 0.6) is 11.5 Å². The lowest BCUT2D eigenvalue weighted by molar-refractivity contribution is -0.136. The highest BCUT2D eigenvalue weighted by atomic mass is 79.9. The molecule has 0 aliphatic carbocycles. The predicted octanol–water partition coefficient (Wildman–Crippen LogP) is 5.41. The van der Waals surface area contributed by atoms with Gasteiger partial charge in [-0.1, -0.05) is 54.6 Å². The first kappa shape index (κ1) is 17.2. The predicted molar refractivity (Wildman–Crippen MR) is 102 cm³/mol. The van der Waals surface area contributed by atoms with Crippen molar-refractivity contribution in [1.82, 2.24) is 0 Å². The van der Waals surface area contributed by atoms with Gasteiger partial charge in [-0.3, -0.25) is 0 Å². The van der Waals surface area contributed by atoms with Crippen LogP contribution in [0.25, 0.3) is 11.1 Å². The van der Waals surface area contributed by atoms with E-state index in [2.05, 4.69) is 15.9 Å². The molecule has 126 valence electrons. The Labute approximate surface area is 155 Å². The van der Waals surface area contributed by atoms with Gasteiger partial charge in [0.1, 0.15) is 11.5 Å². The molecule has 0 atom stereocenters. The van der Waals surface area contributed by atoms with Crippen LogP contribution < -0.4 is 9.47 Å². The number of rotatable bonds is 5. The van der Waals surface area contributed by atoms with E-state index in [-0.39, 0.29) is 6.61 Å². The third-order valence-corrected chi connectivity index (χ3v) is 4.32. The Morgan fingerprint density at radius 3 is 2.32 bits per heavy atom. The fourth-order valence-electron chi connectivity index (χ4n) is 2.39. The molecule has 0 heterocycles. The SMILES string of the molecule is Cc1ccccc1OC(=O)COc1ccc(-c2ccccc2)cc1Br. The molecule has 0 unspecified atom stereocenters. The number of benzene rings is 3. The summed E-state index contributed by atoms with van der Waals surface area (Å²) in [6.45, 7) is 1.74. The summed E-state index contributed by atoms with van der Waals surface area (Å²) in [6.07, 6.45) is 0.